The Kier molecular flexibility index (Phi) is 5.75. The minimum Gasteiger partial charge on any atom is -0.494 e. The van der Waals surface area contributed by atoms with Gasteiger partial charge in [0.25, 0.3) is 5.69 Å². The Bertz CT molecular complexity index is 806. The van der Waals surface area contributed by atoms with Crippen molar-refractivity contribution in [2.45, 2.75) is 11.3 Å². The molecule has 128 valence electrons. The Labute approximate surface area is 140 Å². The minimum atomic E-state index is -3.49. The van der Waals surface area contributed by atoms with E-state index in [0.29, 0.717) is 19.6 Å². The van der Waals surface area contributed by atoms with Gasteiger partial charge in [0.2, 0.25) is 0 Å². The molecule has 0 unspecified atom stereocenters. The van der Waals surface area contributed by atoms with Gasteiger partial charge in [-0.1, -0.05) is 18.2 Å². The van der Waals surface area contributed by atoms with E-state index in [0.717, 1.165) is 18.1 Å². The molecule has 0 radical (unpaired) electrons. The number of hydrogen-bond donors (Lipinski definition) is 1. The number of anilines is 1. The zero-order chi connectivity index (χ0) is 17.6. The Hall–Kier alpha value is -2.61. The molecule has 1 N–H and O–H groups in total. The smallest absolute Gasteiger partial charge is 0.293 e. The molecule has 0 aliphatic heterocycles. The van der Waals surface area contributed by atoms with Gasteiger partial charge in [0, 0.05) is 18.9 Å². The summed E-state index contributed by atoms with van der Waals surface area (Å²) in [6, 6.07) is 13.2. The quantitative estimate of drug-likeness (QED) is 0.446. The highest BCUT2D eigenvalue weighted by Gasteiger charge is 2.18. The predicted octanol–water partition coefficient (Wildman–Crippen LogP) is 2.88. The maximum Gasteiger partial charge on any atom is 0.293 e. The molecule has 2 aromatic rings. The van der Waals surface area contributed by atoms with Crippen molar-refractivity contribution < 1.29 is 18.1 Å². The van der Waals surface area contributed by atoms with E-state index in [4.69, 9.17) is 4.74 Å². The fraction of sp³-hybridized carbons (Fsp3) is 0.250. The molecular weight excluding hydrogens is 332 g/mol. The summed E-state index contributed by atoms with van der Waals surface area (Å²) in [4.78, 5) is 10.4. The molecule has 0 spiro atoms. The molecule has 0 saturated carbocycles. The van der Waals surface area contributed by atoms with Gasteiger partial charge in [0.1, 0.15) is 11.4 Å². The maximum atomic E-state index is 11.5. The molecule has 0 aliphatic carbocycles. The van der Waals surface area contributed by atoms with Crippen LogP contribution < -0.4 is 10.1 Å². The third kappa shape index (κ3) is 4.95. The monoisotopic (exact) mass is 350 g/mol. The second kappa shape index (κ2) is 7.78. The fourth-order valence-corrected chi connectivity index (χ4v) is 2.69. The zero-order valence-corrected chi connectivity index (χ0v) is 14.0. The second-order valence-corrected chi connectivity index (χ2v) is 7.17. The summed E-state index contributed by atoms with van der Waals surface area (Å²) in [5.41, 5.74) is 0.0222. The summed E-state index contributed by atoms with van der Waals surface area (Å²) in [5, 5.41) is 14.1. The molecule has 2 rings (SSSR count). The van der Waals surface area contributed by atoms with Crippen molar-refractivity contribution in [1.29, 1.82) is 0 Å². The Balaban J connectivity index is 1.93. The van der Waals surface area contributed by atoms with Gasteiger partial charge in [-0.2, -0.15) is 0 Å². The van der Waals surface area contributed by atoms with Crippen molar-refractivity contribution in [3.63, 3.8) is 0 Å². The summed E-state index contributed by atoms with van der Waals surface area (Å²) >= 11 is 0. The van der Waals surface area contributed by atoms with E-state index in [2.05, 4.69) is 5.32 Å². The van der Waals surface area contributed by atoms with Crippen molar-refractivity contribution in [2.24, 2.45) is 0 Å². The first-order valence-corrected chi connectivity index (χ1v) is 9.17. The van der Waals surface area contributed by atoms with Crippen LogP contribution in [-0.2, 0) is 9.84 Å². The maximum absolute atomic E-state index is 11.5. The van der Waals surface area contributed by atoms with Gasteiger partial charge in [-0.15, -0.1) is 0 Å². The van der Waals surface area contributed by atoms with Crippen LogP contribution in [0.3, 0.4) is 0 Å². The normalized spacial score (nSPS) is 11.0. The third-order valence-electron chi connectivity index (χ3n) is 3.24. The lowest BCUT2D eigenvalue weighted by molar-refractivity contribution is -0.384. The number of rotatable bonds is 8. The van der Waals surface area contributed by atoms with Crippen LogP contribution in [0.25, 0.3) is 0 Å². The number of para-hydroxylation sites is 1. The topological polar surface area (TPSA) is 98.5 Å². The van der Waals surface area contributed by atoms with Crippen molar-refractivity contribution in [2.75, 3.05) is 24.7 Å². The molecule has 0 bridgehead atoms. The van der Waals surface area contributed by atoms with Gasteiger partial charge >= 0.3 is 0 Å². The summed E-state index contributed by atoms with van der Waals surface area (Å²) in [6.07, 6.45) is 1.65. The van der Waals surface area contributed by atoms with Crippen LogP contribution >= 0.6 is 0 Å². The van der Waals surface area contributed by atoms with E-state index in [1.165, 1.54) is 12.1 Å². The van der Waals surface area contributed by atoms with E-state index < -0.39 is 14.8 Å². The molecule has 0 atom stereocenters. The van der Waals surface area contributed by atoms with Crippen LogP contribution in [0.15, 0.2) is 53.4 Å². The first-order valence-electron chi connectivity index (χ1n) is 7.28. The number of nitro benzene ring substituents is 1. The first-order chi connectivity index (χ1) is 11.4. The van der Waals surface area contributed by atoms with Gasteiger partial charge < -0.3 is 10.1 Å². The number of nitrogens with zero attached hydrogens (tertiary/aromatic N) is 1. The van der Waals surface area contributed by atoms with E-state index in [9.17, 15) is 18.5 Å². The summed E-state index contributed by atoms with van der Waals surface area (Å²) < 4.78 is 28.5. The van der Waals surface area contributed by atoms with E-state index in [-0.39, 0.29) is 16.3 Å². The lowest BCUT2D eigenvalue weighted by Crippen LogP contribution is -2.09. The molecule has 0 aliphatic rings. The second-order valence-electron chi connectivity index (χ2n) is 5.15. The van der Waals surface area contributed by atoms with Gasteiger partial charge in [-0.05, 0) is 30.7 Å². The average Bonchev–Trinajstić information content (AvgIpc) is 2.54. The first kappa shape index (κ1) is 17.7. The van der Waals surface area contributed by atoms with Crippen LogP contribution in [0.4, 0.5) is 11.4 Å². The van der Waals surface area contributed by atoms with Gasteiger partial charge in [-0.25, -0.2) is 8.42 Å². The molecule has 0 saturated heterocycles. The van der Waals surface area contributed by atoms with Crippen molar-refractivity contribution in [3.05, 3.63) is 58.6 Å². The third-order valence-corrected chi connectivity index (χ3v) is 4.35. The van der Waals surface area contributed by atoms with E-state index >= 15 is 0 Å². The Morgan fingerprint density at radius 3 is 2.50 bits per heavy atom. The SMILES string of the molecule is CS(=O)(=O)c1ccc(NCCCOc2ccccc2)c([N+](=O)[O-])c1. The highest BCUT2D eigenvalue weighted by Crippen LogP contribution is 2.27. The van der Waals surface area contributed by atoms with Crippen molar-refractivity contribution in [3.8, 4) is 5.75 Å². The van der Waals surface area contributed by atoms with Crippen LogP contribution in [0.1, 0.15) is 6.42 Å². The van der Waals surface area contributed by atoms with Crippen molar-refractivity contribution in [1.82, 2.24) is 0 Å². The van der Waals surface area contributed by atoms with Crippen LogP contribution in [0.2, 0.25) is 0 Å². The number of nitro groups is 1. The molecular formula is C16H18N2O5S. The van der Waals surface area contributed by atoms with Gasteiger partial charge in [-0.3, -0.25) is 10.1 Å². The highest BCUT2D eigenvalue weighted by molar-refractivity contribution is 7.90. The number of ether oxygens (including phenoxy) is 1. The van der Waals surface area contributed by atoms with Crippen LogP contribution in [0.5, 0.6) is 5.75 Å². The zero-order valence-electron chi connectivity index (χ0n) is 13.1. The molecule has 2 aromatic carbocycles. The number of nitrogens with one attached hydrogen (secondary N) is 1. The molecule has 0 aromatic heterocycles. The molecule has 24 heavy (non-hydrogen) atoms. The predicted molar refractivity (Wildman–Crippen MR) is 91.2 cm³/mol. The molecule has 8 heteroatoms. The minimum absolute atomic E-state index is 0.0767. The lowest BCUT2D eigenvalue weighted by atomic mass is 10.2. The highest BCUT2D eigenvalue weighted by atomic mass is 32.2. The Morgan fingerprint density at radius 1 is 1.17 bits per heavy atom. The summed E-state index contributed by atoms with van der Waals surface area (Å²) in [7, 11) is -3.49. The molecule has 0 fully saturated rings. The summed E-state index contributed by atoms with van der Waals surface area (Å²) in [5.74, 6) is 0.765. The van der Waals surface area contributed by atoms with Crippen LogP contribution in [-0.4, -0.2) is 32.7 Å². The standard InChI is InChI=1S/C16H18N2O5S/c1-24(21,22)14-8-9-15(16(12-14)18(19)20)17-10-5-11-23-13-6-3-2-4-7-13/h2-4,6-9,12,17H,5,10-11H2,1H3. The largest absolute Gasteiger partial charge is 0.494 e. The van der Waals surface area contributed by atoms with E-state index in [1.54, 1.807) is 0 Å². The number of benzene rings is 2. The summed E-state index contributed by atoms with van der Waals surface area (Å²) in [6.45, 7) is 0.929. The average molecular weight is 350 g/mol. The van der Waals surface area contributed by atoms with Crippen molar-refractivity contribution >= 4 is 21.2 Å². The van der Waals surface area contributed by atoms with E-state index in [1.807, 2.05) is 30.3 Å². The molecule has 0 amide bonds. The molecule has 7 nitrogen and oxygen atoms in total. The van der Waals surface area contributed by atoms with Gasteiger partial charge in [0.05, 0.1) is 16.4 Å². The Morgan fingerprint density at radius 2 is 1.88 bits per heavy atom. The fourth-order valence-electron chi connectivity index (χ4n) is 2.04. The number of hydrogen-bond acceptors (Lipinski definition) is 6. The molecule has 0 heterocycles. The van der Waals surface area contributed by atoms with Gasteiger partial charge in [0.15, 0.2) is 9.84 Å². The lowest BCUT2D eigenvalue weighted by Gasteiger charge is -2.09. The van der Waals surface area contributed by atoms with Crippen LogP contribution in [0, 0.1) is 10.1 Å². The number of sulfone groups is 1.